The fraction of sp³-hybridized carbons (Fsp3) is 0. The summed E-state index contributed by atoms with van der Waals surface area (Å²) in [5, 5.41) is 17.6. The molecule has 0 atom stereocenters. The highest BCUT2D eigenvalue weighted by Crippen LogP contribution is 2.46. The molecule has 6 heterocycles. The van der Waals surface area contributed by atoms with Crippen molar-refractivity contribution in [2.24, 2.45) is 0 Å². The molecule has 24 aromatic carbocycles. The summed E-state index contributed by atoms with van der Waals surface area (Å²) < 4.78 is 14.4. The van der Waals surface area contributed by atoms with Crippen molar-refractivity contribution in [3.05, 3.63) is 570 Å². The maximum Gasteiger partial charge on any atom is 0.0547 e. The summed E-state index contributed by atoms with van der Waals surface area (Å²) in [6.45, 7) is 0. The van der Waals surface area contributed by atoms with E-state index in [4.69, 9.17) is 0 Å². The summed E-state index contributed by atoms with van der Waals surface area (Å²) in [5.41, 5.74) is 41.0. The zero-order valence-electron chi connectivity index (χ0n) is 81.0. The van der Waals surface area contributed by atoms with E-state index in [0.29, 0.717) is 0 Å². The molecule has 30 rings (SSSR count). The third-order valence-electron chi connectivity index (χ3n) is 30.1. The van der Waals surface area contributed by atoms with Crippen LogP contribution in [0.1, 0.15) is 0 Å². The van der Waals surface area contributed by atoms with Crippen molar-refractivity contribution < 1.29 is 0 Å². The lowest BCUT2D eigenvalue weighted by atomic mass is 10.00. The Kier molecular flexibility index (Phi) is 21.2. The molecule has 0 aliphatic heterocycles. The molecule has 0 fully saturated rings. The van der Waals surface area contributed by atoms with E-state index >= 15 is 0 Å². The van der Waals surface area contributed by atoms with Crippen molar-refractivity contribution in [1.82, 2.24) is 27.4 Å². The molecule has 0 aliphatic rings. The summed E-state index contributed by atoms with van der Waals surface area (Å²) in [7, 11) is 0. The molecule has 0 bridgehead atoms. The lowest BCUT2D eigenvalue weighted by Crippen LogP contribution is -1.95. The molecule has 30 aromatic rings. The Morgan fingerprint density at radius 3 is 0.615 bits per heavy atom. The van der Waals surface area contributed by atoms with Crippen molar-refractivity contribution in [3.63, 3.8) is 0 Å². The predicted molar refractivity (Wildman–Crippen MR) is 626 cm³/mol. The number of benzene rings is 24. The highest BCUT2D eigenvalue weighted by molar-refractivity contribution is 6.17. The van der Waals surface area contributed by atoms with E-state index in [9.17, 15) is 0 Å². The average Bonchev–Trinajstić information content (AvgIpc) is 1.58. The van der Waals surface area contributed by atoms with Gasteiger partial charge in [0.05, 0.1) is 66.2 Å². The largest absolute Gasteiger partial charge is 0.309 e. The van der Waals surface area contributed by atoms with Gasteiger partial charge in [-0.15, -0.1) is 0 Å². The number of aromatic nitrogens is 6. The standard InChI is InChI=1S/2C48H32N2.C46H30N2/c1-3-13-33(14-4-1)35-17-11-19-39(29-35)49-46-24-10-8-22-42(46)44-31-37(26-28-47(44)49)38-25-27-43-41-21-7-9-23-45(41)50(48(43)32-38)40-20-12-18-36(30-40)34-15-5-2-6-16-34;1-3-11-33(12-4-1)34-19-21-35(22-20-34)36-23-27-40(28-24-36)50-45-17-9-7-15-41(45)43-29-25-38(32-48(43)50)37-26-30-47-44(31-37)42-16-8-10-18-46(42)49(47)39-13-5-2-6-14-39;1-2-10-31(11-3-1)33-18-23-37(24-19-33)47-43-16-8-6-14-39(43)41-29-35(21-26-45(41)47)36-22-27-46-42(30-36)40-15-7-9-17-44(40)48(46)38-25-20-32-12-4-5-13-34(32)28-38/h2*1-32H;1-30H. The molecule has 0 N–H and O–H groups in total. The van der Waals surface area contributed by atoms with Gasteiger partial charge in [0.2, 0.25) is 0 Å². The van der Waals surface area contributed by atoms with Crippen LogP contribution in [0.4, 0.5) is 0 Å². The van der Waals surface area contributed by atoms with Crippen LogP contribution >= 0.6 is 0 Å². The smallest absolute Gasteiger partial charge is 0.0547 e. The number of rotatable bonds is 14. The second-order valence-corrected chi connectivity index (χ2v) is 38.6. The Morgan fingerprint density at radius 1 is 0.0811 bits per heavy atom. The first-order valence-electron chi connectivity index (χ1n) is 50.9. The SMILES string of the molecule is c1ccc(-c2ccc(-c3ccc(-n4c5ccccc5c5ccc(-c6ccc7c(c6)c6ccccc6n7-c6ccccc6)cc54)cc3)cc2)cc1.c1ccc(-c2ccc(-n3c4ccccc4c4cc(-c5ccc6c(c5)c5ccccc5n6-c5ccc6ccccc6c5)ccc43)cc2)cc1.c1ccc(-c2cccc(-n3c4ccccc4c4cc(-c5ccc6c7ccccc7n(-c7cccc(-c8ccccc8)c7)c6c5)ccc43)c2)cc1. The number of nitrogens with zero attached hydrogens (tertiary/aromatic N) is 6. The summed E-state index contributed by atoms with van der Waals surface area (Å²) in [5.74, 6) is 0. The summed E-state index contributed by atoms with van der Waals surface area (Å²) in [6, 6.07) is 207. The molecule has 148 heavy (non-hydrogen) atoms. The van der Waals surface area contributed by atoms with Crippen molar-refractivity contribution in [2.45, 2.75) is 0 Å². The molecule has 0 radical (unpaired) electrons. The van der Waals surface area contributed by atoms with Crippen LogP contribution in [-0.4, -0.2) is 27.4 Å². The molecule has 6 nitrogen and oxygen atoms in total. The Labute approximate surface area is 856 Å². The third-order valence-corrected chi connectivity index (χ3v) is 30.1. The quantitative estimate of drug-likeness (QED) is 0.104. The maximum absolute atomic E-state index is 2.42. The predicted octanol–water partition coefficient (Wildman–Crippen LogP) is 38.1. The third kappa shape index (κ3) is 15.1. The topological polar surface area (TPSA) is 29.6 Å². The van der Waals surface area contributed by atoms with E-state index in [1.807, 2.05) is 0 Å². The normalized spacial score (nSPS) is 11.6. The van der Waals surface area contributed by atoms with Crippen LogP contribution < -0.4 is 0 Å². The first-order chi connectivity index (χ1) is 73.4. The molecule has 0 spiro atoms. The van der Waals surface area contributed by atoms with Gasteiger partial charge >= 0.3 is 0 Å². The van der Waals surface area contributed by atoms with Crippen LogP contribution in [0.15, 0.2) is 570 Å². The molecule has 0 amide bonds. The summed E-state index contributed by atoms with van der Waals surface area (Å²) in [4.78, 5) is 0. The molecule has 0 aliphatic carbocycles. The lowest BCUT2D eigenvalue weighted by molar-refractivity contribution is 1.18. The van der Waals surface area contributed by atoms with Gasteiger partial charge < -0.3 is 27.4 Å². The lowest BCUT2D eigenvalue weighted by Gasteiger charge is -2.12. The van der Waals surface area contributed by atoms with Crippen molar-refractivity contribution in [2.75, 3.05) is 0 Å². The van der Waals surface area contributed by atoms with E-state index in [1.54, 1.807) is 0 Å². The average molecular weight is 1880 g/mol. The molecular formula is C142H94N6. The fourth-order valence-electron chi connectivity index (χ4n) is 23.1. The Bertz CT molecular complexity index is 10400. The molecule has 6 aromatic heterocycles. The van der Waals surface area contributed by atoms with Gasteiger partial charge in [0.15, 0.2) is 0 Å². The van der Waals surface area contributed by atoms with E-state index in [-0.39, 0.29) is 0 Å². The molecular weight excluding hydrogens is 1790 g/mol. The highest BCUT2D eigenvalue weighted by atomic mass is 15.0. The minimum atomic E-state index is 1.15. The van der Waals surface area contributed by atoms with Gasteiger partial charge in [-0.3, -0.25) is 0 Å². The number of para-hydroxylation sites is 7. The zero-order valence-corrected chi connectivity index (χ0v) is 81.0. The van der Waals surface area contributed by atoms with E-state index in [2.05, 4.69) is 598 Å². The Hall–Kier alpha value is -19.7. The van der Waals surface area contributed by atoms with Crippen LogP contribution in [-0.2, 0) is 0 Å². The second kappa shape index (κ2) is 36.4. The van der Waals surface area contributed by atoms with E-state index in [0.717, 1.165) is 22.7 Å². The second-order valence-electron chi connectivity index (χ2n) is 38.6. The molecule has 6 heteroatoms. The van der Waals surface area contributed by atoms with Crippen molar-refractivity contribution in [3.8, 4) is 123 Å². The van der Waals surface area contributed by atoms with Crippen LogP contribution in [0.3, 0.4) is 0 Å². The number of fused-ring (bicyclic) bond motifs is 19. The minimum Gasteiger partial charge on any atom is -0.309 e. The van der Waals surface area contributed by atoms with E-state index in [1.165, 1.54) is 242 Å². The van der Waals surface area contributed by atoms with Crippen molar-refractivity contribution in [1.29, 1.82) is 0 Å². The minimum absolute atomic E-state index is 1.15. The maximum atomic E-state index is 2.42. The first kappa shape index (κ1) is 86.2. The van der Waals surface area contributed by atoms with Gasteiger partial charge in [0, 0.05) is 98.8 Å². The van der Waals surface area contributed by atoms with Gasteiger partial charge in [0.1, 0.15) is 0 Å². The van der Waals surface area contributed by atoms with Gasteiger partial charge in [-0.2, -0.15) is 0 Å². The zero-order chi connectivity index (χ0) is 97.6. The summed E-state index contributed by atoms with van der Waals surface area (Å²) >= 11 is 0. The van der Waals surface area contributed by atoms with Crippen LogP contribution in [0, 0.1) is 0 Å². The summed E-state index contributed by atoms with van der Waals surface area (Å²) in [6.07, 6.45) is 0. The van der Waals surface area contributed by atoms with Crippen LogP contribution in [0.2, 0.25) is 0 Å². The van der Waals surface area contributed by atoms with Crippen LogP contribution in [0.5, 0.6) is 0 Å². The monoisotopic (exact) mass is 1880 g/mol. The van der Waals surface area contributed by atoms with Gasteiger partial charge in [-0.25, -0.2) is 0 Å². The Balaban J connectivity index is 0.000000107. The van der Waals surface area contributed by atoms with E-state index < -0.39 is 0 Å². The molecule has 0 saturated heterocycles. The number of hydrogen-bond acceptors (Lipinski definition) is 0. The van der Waals surface area contributed by atoms with Crippen LogP contribution in [0.25, 0.3) is 265 Å². The number of hydrogen-bond donors (Lipinski definition) is 0. The fourth-order valence-corrected chi connectivity index (χ4v) is 23.1. The highest BCUT2D eigenvalue weighted by Gasteiger charge is 2.24. The molecule has 692 valence electrons. The van der Waals surface area contributed by atoms with Gasteiger partial charge in [-0.1, -0.05) is 400 Å². The molecule has 0 unspecified atom stereocenters. The van der Waals surface area contributed by atoms with Gasteiger partial charge in [-0.05, 0) is 270 Å². The van der Waals surface area contributed by atoms with Gasteiger partial charge in [0.25, 0.3) is 0 Å². The molecule has 0 saturated carbocycles. The first-order valence-corrected chi connectivity index (χ1v) is 50.9. The Morgan fingerprint density at radius 2 is 0.270 bits per heavy atom. The van der Waals surface area contributed by atoms with Crippen molar-refractivity contribution >= 4 is 142 Å².